The highest BCUT2D eigenvalue weighted by Crippen LogP contribution is 2.29. The van der Waals surface area contributed by atoms with Crippen molar-refractivity contribution in [1.82, 2.24) is 4.98 Å². The van der Waals surface area contributed by atoms with E-state index in [0.717, 1.165) is 16.3 Å². The molecule has 0 spiro atoms. The normalized spacial score (nSPS) is 17.6. The van der Waals surface area contributed by atoms with Gasteiger partial charge >= 0.3 is 0 Å². The topological polar surface area (TPSA) is 62.3 Å². The van der Waals surface area contributed by atoms with E-state index in [9.17, 15) is 9.59 Å². The summed E-state index contributed by atoms with van der Waals surface area (Å²) in [5.74, 6) is -0.500. The number of anilines is 2. The summed E-state index contributed by atoms with van der Waals surface area (Å²) in [5.41, 5.74) is 1.73. The molecule has 1 aliphatic heterocycles. The van der Waals surface area contributed by atoms with Crippen molar-refractivity contribution in [3.63, 3.8) is 0 Å². The van der Waals surface area contributed by atoms with E-state index in [2.05, 4.69) is 10.3 Å². The van der Waals surface area contributed by atoms with Crippen LogP contribution in [0.4, 0.5) is 10.8 Å². The van der Waals surface area contributed by atoms with Crippen LogP contribution in [0.15, 0.2) is 34.5 Å². The van der Waals surface area contributed by atoms with Crippen molar-refractivity contribution >= 4 is 45.7 Å². The zero-order chi connectivity index (χ0) is 16.4. The van der Waals surface area contributed by atoms with Crippen molar-refractivity contribution in [2.45, 2.75) is 18.2 Å². The Hall–Kier alpha value is -1.86. The molecule has 1 saturated heterocycles. The molecule has 23 heavy (non-hydrogen) atoms. The number of aromatic nitrogens is 1. The van der Waals surface area contributed by atoms with E-state index in [0.29, 0.717) is 11.7 Å². The van der Waals surface area contributed by atoms with Crippen molar-refractivity contribution in [1.29, 1.82) is 0 Å². The average Bonchev–Trinajstić information content (AvgIpc) is 3.13. The van der Waals surface area contributed by atoms with Gasteiger partial charge in [0.1, 0.15) is 0 Å². The summed E-state index contributed by atoms with van der Waals surface area (Å²) in [5, 5.41) is 5.28. The molecule has 0 unspecified atom stereocenters. The summed E-state index contributed by atoms with van der Waals surface area (Å²) in [7, 11) is 0. The minimum Gasteiger partial charge on any atom is -0.312 e. The van der Waals surface area contributed by atoms with Gasteiger partial charge in [-0.1, -0.05) is 6.07 Å². The first-order valence-corrected chi connectivity index (χ1v) is 9.34. The molecule has 120 valence electrons. The van der Waals surface area contributed by atoms with Crippen LogP contribution in [0.2, 0.25) is 0 Å². The molecule has 0 aliphatic carbocycles. The van der Waals surface area contributed by atoms with Crippen LogP contribution < -0.4 is 10.2 Å². The first kappa shape index (κ1) is 16.0. The highest BCUT2D eigenvalue weighted by molar-refractivity contribution is 7.98. The van der Waals surface area contributed by atoms with Crippen molar-refractivity contribution in [3.05, 3.63) is 35.3 Å². The van der Waals surface area contributed by atoms with Crippen LogP contribution in [-0.2, 0) is 9.59 Å². The molecule has 3 rings (SSSR count). The van der Waals surface area contributed by atoms with E-state index in [1.807, 2.05) is 42.8 Å². The van der Waals surface area contributed by atoms with E-state index in [1.54, 1.807) is 16.7 Å². The number of rotatable bonds is 4. The van der Waals surface area contributed by atoms with Crippen LogP contribution in [0.3, 0.4) is 0 Å². The van der Waals surface area contributed by atoms with Crippen molar-refractivity contribution in [3.8, 4) is 0 Å². The lowest BCUT2D eigenvalue weighted by atomic mass is 10.1. The van der Waals surface area contributed by atoms with Crippen LogP contribution >= 0.6 is 23.1 Å². The van der Waals surface area contributed by atoms with E-state index in [-0.39, 0.29) is 24.2 Å². The lowest BCUT2D eigenvalue weighted by molar-refractivity contribution is -0.122. The Kier molecular flexibility index (Phi) is 4.68. The van der Waals surface area contributed by atoms with Gasteiger partial charge in [-0.15, -0.1) is 23.1 Å². The molecule has 0 saturated carbocycles. The zero-order valence-electron chi connectivity index (χ0n) is 12.9. The van der Waals surface area contributed by atoms with E-state index < -0.39 is 0 Å². The molecular formula is C16H17N3O2S2. The third kappa shape index (κ3) is 3.56. The SMILES string of the molecule is CSc1cccc(N2C[C@H](C(=O)Nc3nc(C)cs3)CC2=O)c1. The van der Waals surface area contributed by atoms with Gasteiger partial charge in [-0.25, -0.2) is 4.98 Å². The largest absolute Gasteiger partial charge is 0.312 e. The first-order valence-electron chi connectivity index (χ1n) is 7.24. The van der Waals surface area contributed by atoms with Gasteiger partial charge in [0, 0.05) is 28.9 Å². The fourth-order valence-electron chi connectivity index (χ4n) is 2.53. The Morgan fingerprint density at radius 2 is 2.30 bits per heavy atom. The van der Waals surface area contributed by atoms with E-state index >= 15 is 0 Å². The Morgan fingerprint density at radius 1 is 1.48 bits per heavy atom. The van der Waals surface area contributed by atoms with Crippen LogP contribution in [-0.4, -0.2) is 29.6 Å². The van der Waals surface area contributed by atoms with Gasteiger partial charge in [-0.05, 0) is 31.4 Å². The Bertz CT molecular complexity index is 744. The van der Waals surface area contributed by atoms with E-state index in [4.69, 9.17) is 0 Å². The molecular weight excluding hydrogens is 330 g/mol. The second-order valence-electron chi connectivity index (χ2n) is 5.39. The molecule has 1 N–H and O–H groups in total. The highest BCUT2D eigenvalue weighted by atomic mass is 32.2. The summed E-state index contributed by atoms with van der Waals surface area (Å²) in [6.45, 7) is 2.29. The molecule has 1 aromatic heterocycles. The second-order valence-corrected chi connectivity index (χ2v) is 7.13. The van der Waals surface area contributed by atoms with Gasteiger partial charge in [-0.2, -0.15) is 0 Å². The Labute approximate surface area is 143 Å². The van der Waals surface area contributed by atoms with Crippen LogP contribution in [0.1, 0.15) is 12.1 Å². The number of aryl methyl sites for hydroxylation is 1. The molecule has 7 heteroatoms. The first-order chi connectivity index (χ1) is 11.1. The number of thiazole rings is 1. The standard InChI is InChI=1S/C16H17N3O2S2/c1-10-9-23-16(17-10)18-15(21)11-6-14(20)19(8-11)12-4-3-5-13(7-12)22-2/h3-5,7,9,11H,6,8H2,1-2H3,(H,17,18,21)/t11-/m1/s1. The lowest BCUT2D eigenvalue weighted by Gasteiger charge is -2.17. The number of nitrogens with one attached hydrogen (secondary N) is 1. The van der Waals surface area contributed by atoms with Crippen molar-refractivity contribution in [2.24, 2.45) is 5.92 Å². The number of carbonyl (C=O) groups excluding carboxylic acids is 2. The second kappa shape index (κ2) is 6.72. The smallest absolute Gasteiger partial charge is 0.231 e. The third-order valence-electron chi connectivity index (χ3n) is 3.71. The number of nitrogens with zero attached hydrogens (tertiary/aromatic N) is 2. The van der Waals surface area contributed by atoms with Gasteiger partial charge < -0.3 is 10.2 Å². The minimum absolute atomic E-state index is 0.0151. The average molecular weight is 347 g/mol. The lowest BCUT2D eigenvalue weighted by Crippen LogP contribution is -2.28. The monoisotopic (exact) mass is 347 g/mol. The quantitative estimate of drug-likeness (QED) is 0.863. The van der Waals surface area contributed by atoms with Crippen molar-refractivity contribution < 1.29 is 9.59 Å². The van der Waals surface area contributed by atoms with Crippen LogP contribution in [0, 0.1) is 12.8 Å². The minimum atomic E-state index is -0.343. The number of hydrogen-bond acceptors (Lipinski definition) is 5. The zero-order valence-corrected chi connectivity index (χ0v) is 14.5. The van der Waals surface area contributed by atoms with Gasteiger partial charge in [0.05, 0.1) is 11.6 Å². The Morgan fingerprint density at radius 3 is 3.00 bits per heavy atom. The van der Waals surface area contributed by atoms with Crippen LogP contribution in [0.25, 0.3) is 0 Å². The fraction of sp³-hybridized carbons (Fsp3) is 0.312. The third-order valence-corrected chi connectivity index (χ3v) is 5.31. The predicted molar refractivity (Wildman–Crippen MR) is 94.2 cm³/mol. The Balaban J connectivity index is 1.70. The maximum atomic E-state index is 12.3. The molecule has 1 aliphatic rings. The molecule has 1 atom stereocenters. The summed E-state index contributed by atoms with van der Waals surface area (Å²) in [6.07, 6.45) is 2.23. The number of thioether (sulfide) groups is 1. The van der Waals surface area contributed by atoms with E-state index in [1.165, 1.54) is 11.3 Å². The number of carbonyl (C=O) groups is 2. The van der Waals surface area contributed by atoms with Crippen molar-refractivity contribution in [2.75, 3.05) is 23.0 Å². The fourth-order valence-corrected chi connectivity index (χ4v) is 3.67. The number of benzene rings is 1. The molecule has 5 nitrogen and oxygen atoms in total. The summed E-state index contributed by atoms with van der Waals surface area (Å²) < 4.78 is 0. The molecule has 1 fully saturated rings. The maximum absolute atomic E-state index is 12.3. The molecule has 2 aromatic rings. The number of hydrogen-bond donors (Lipinski definition) is 1. The van der Waals surface area contributed by atoms with Gasteiger partial charge in [-0.3, -0.25) is 9.59 Å². The summed E-state index contributed by atoms with van der Waals surface area (Å²) >= 11 is 3.03. The van der Waals surface area contributed by atoms with Gasteiger partial charge in [0.25, 0.3) is 0 Å². The molecule has 1 aromatic carbocycles. The highest BCUT2D eigenvalue weighted by Gasteiger charge is 2.35. The van der Waals surface area contributed by atoms with Gasteiger partial charge in [0.15, 0.2) is 5.13 Å². The molecule has 2 heterocycles. The summed E-state index contributed by atoms with van der Waals surface area (Å²) in [6, 6.07) is 7.82. The predicted octanol–water partition coefficient (Wildman–Crippen LogP) is 3.17. The number of amides is 2. The molecule has 2 amide bonds. The molecule has 0 radical (unpaired) electrons. The van der Waals surface area contributed by atoms with Gasteiger partial charge in [0.2, 0.25) is 11.8 Å². The van der Waals surface area contributed by atoms with Crippen LogP contribution in [0.5, 0.6) is 0 Å². The molecule has 0 bridgehead atoms. The summed E-state index contributed by atoms with van der Waals surface area (Å²) in [4.78, 5) is 31.6. The maximum Gasteiger partial charge on any atom is 0.231 e.